The van der Waals surface area contributed by atoms with Crippen LogP contribution in [0.2, 0.25) is 0 Å². The van der Waals surface area contributed by atoms with Crippen molar-refractivity contribution in [1.82, 2.24) is 25.2 Å². The van der Waals surface area contributed by atoms with Crippen LogP contribution in [0.5, 0.6) is 0 Å². The van der Waals surface area contributed by atoms with E-state index in [9.17, 15) is 24.2 Å². The molecule has 1 saturated heterocycles. The van der Waals surface area contributed by atoms with Crippen molar-refractivity contribution >= 4 is 80.9 Å². The van der Waals surface area contributed by atoms with Gasteiger partial charge < -0.3 is 74.1 Å². The molecule has 0 aliphatic carbocycles. The van der Waals surface area contributed by atoms with Gasteiger partial charge in [-0.05, 0) is 39.4 Å². The van der Waals surface area contributed by atoms with E-state index in [1.165, 1.54) is 10.8 Å². The number of carbonyl (C=O) groups is 2. The van der Waals surface area contributed by atoms with E-state index >= 15 is 0 Å². The second-order valence-corrected chi connectivity index (χ2v) is 19.2. The molecule has 9 N–H and O–H groups in total. The summed E-state index contributed by atoms with van der Waals surface area (Å²) in [4.78, 5) is 62.4. The van der Waals surface area contributed by atoms with Crippen molar-refractivity contribution in [2.75, 3.05) is 96.4 Å². The Bertz CT molecular complexity index is 1670. The first-order valence-electron chi connectivity index (χ1n) is 18.6. The molecule has 0 aromatic carbocycles. The Morgan fingerprint density at radius 1 is 1.05 bits per heavy atom. The van der Waals surface area contributed by atoms with Crippen LogP contribution in [0.1, 0.15) is 51.3 Å². The SMILES string of the molecule is CSSCOC1C[C@H](n2cc(C#CCNC(=O)OCCCCOCSSC(C)(C)CCOC(=O)NCCOCCOCCN)c3c(=O)[nH]c(N)nc32)O[C@@H]1COP(O)O. The Hall–Kier alpha value is -2.21. The second kappa shape index (κ2) is 29.2. The number of hydrogen-bond acceptors (Lipinski definition) is 20. The highest BCUT2D eigenvalue weighted by Gasteiger charge is 2.39. The average Bonchev–Trinajstić information content (AvgIpc) is 3.77. The molecule has 3 atom stereocenters. The fourth-order valence-corrected chi connectivity index (χ4v) is 8.49. The zero-order valence-corrected chi connectivity index (χ0v) is 37.5. The van der Waals surface area contributed by atoms with Gasteiger partial charge in [-0.3, -0.25) is 9.78 Å². The van der Waals surface area contributed by atoms with E-state index in [-0.39, 0.29) is 48.1 Å². The molecular weight excluding hydrogens is 874 g/mol. The highest BCUT2D eigenvalue weighted by atomic mass is 33.1. The number of nitrogens with zero attached hydrogens (tertiary/aromatic N) is 2. The van der Waals surface area contributed by atoms with Crippen LogP contribution in [-0.4, -0.2) is 144 Å². The number of rotatable bonds is 29. The number of unbranched alkanes of at least 4 members (excludes halogenated alkanes) is 1. The zero-order valence-electron chi connectivity index (χ0n) is 33.3. The summed E-state index contributed by atoms with van der Waals surface area (Å²) >= 11 is 0. The number of nitrogen functional groups attached to an aromatic ring is 1. The molecule has 1 aliphatic heterocycles. The fraction of sp³-hybridized carbons (Fsp3) is 0.706. The summed E-state index contributed by atoms with van der Waals surface area (Å²) in [5.41, 5.74) is 11.3. The van der Waals surface area contributed by atoms with Crippen LogP contribution in [0.15, 0.2) is 11.0 Å². The van der Waals surface area contributed by atoms with Gasteiger partial charge in [0.05, 0.1) is 69.8 Å². The minimum atomic E-state index is -2.59. The van der Waals surface area contributed by atoms with Crippen molar-refractivity contribution in [1.29, 1.82) is 0 Å². The summed E-state index contributed by atoms with van der Waals surface area (Å²) in [6, 6.07) is 0. The molecule has 2 aromatic rings. The standard InChI is InChI=1S/C34H56N7O13PS4/c1-34(2,8-14-51-33(44)38-11-16-48-18-17-47-15-9-35)59-58-22-49-12-4-5-13-50-32(43)37-10-6-7-24-20-41(29-28(24)30(42)40-31(36)39-29)27-19-25(52-23-57-56-3)26(54-27)21-53-55(45)46/h20,25-27,45-46H,4-5,8-19,21-23,35H2,1-3H3,(H,37,43)(H,38,44)(H3,36,39,40,42)/t25?,26-,27-/m1/s1. The highest BCUT2D eigenvalue weighted by Crippen LogP contribution is 2.38. The number of H-pyrrole nitrogens is 1. The van der Waals surface area contributed by atoms with Crippen LogP contribution in [0, 0.1) is 11.8 Å². The van der Waals surface area contributed by atoms with E-state index in [0.29, 0.717) is 89.2 Å². The van der Waals surface area contributed by atoms with Crippen LogP contribution in [-0.2, 0) is 37.7 Å². The number of nitrogens with one attached hydrogen (secondary N) is 3. The first kappa shape index (κ1) is 51.1. The maximum atomic E-state index is 12.9. The lowest BCUT2D eigenvalue weighted by molar-refractivity contribution is -0.0497. The summed E-state index contributed by atoms with van der Waals surface area (Å²) in [5.74, 6) is 6.51. The topological polar surface area (TPSA) is 275 Å². The normalized spacial score (nSPS) is 16.6. The van der Waals surface area contributed by atoms with Crippen LogP contribution in [0.25, 0.3) is 11.0 Å². The van der Waals surface area contributed by atoms with Crippen molar-refractivity contribution in [3.63, 3.8) is 0 Å². The van der Waals surface area contributed by atoms with Gasteiger partial charge in [0.15, 0.2) is 5.65 Å². The summed E-state index contributed by atoms with van der Waals surface area (Å²) < 4.78 is 45.4. The number of amides is 2. The molecule has 1 unspecified atom stereocenters. The second-order valence-electron chi connectivity index (χ2n) is 12.9. The summed E-state index contributed by atoms with van der Waals surface area (Å²) in [7, 11) is 3.68. The molecule has 1 aliphatic rings. The minimum Gasteiger partial charge on any atom is -0.450 e. The summed E-state index contributed by atoms with van der Waals surface area (Å²) in [6.45, 7) is 7.54. The Kier molecular flexibility index (Phi) is 25.3. The fourth-order valence-electron chi connectivity index (χ4n) is 5.15. The summed E-state index contributed by atoms with van der Waals surface area (Å²) in [5, 5.41) is 5.42. The Morgan fingerprint density at radius 3 is 2.56 bits per heavy atom. The van der Waals surface area contributed by atoms with E-state index in [1.807, 2.05) is 6.26 Å². The van der Waals surface area contributed by atoms with Gasteiger partial charge in [-0.15, -0.1) is 0 Å². The van der Waals surface area contributed by atoms with Gasteiger partial charge in [-0.25, -0.2) is 9.59 Å². The van der Waals surface area contributed by atoms with Crippen molar-refractivity contribution in [3.8, 4) is 11.8 Å². The molecule has 3 heterocycles. The first-order chi connectivity index (χ1) is 28.4. The van der Waals surface area contributed by atoms with E-state index in [0.717, 1.165) is 0 Å². The molecule has 20 nitrogen and oxygen atoms in total. The van der Waals surface area contributed by atoms with Crippen LogP contribution >= 0.6 is 51.8 Å². The van der Waals surface area contributed by atoms with Gasteiger partial charge >= 0.3 is 20.8 Å². The maximum Gasteiger partial charge on any atom is 0.407 e. The summed E-state index contributed by atoms with van der Waals surface area (Å²) in [6.07, 6.45) is 3.03. The lowest BCUT2D eigenvalue weighted by Crippen LogP contribution is -2.29. The van der Waals surface area contributed by atoms with Gasteiger partial charge in [0.1, 0.15) is 24.2 Å². The number of anilines is 1. The predicted molar refractivity (Wildman–Crippen MR) is 232 cm³/mol. The molecule has 2 aromatic heterocycles. The molecule has 3 rings (SSSR count). The van der Waals surface area contributed by atoms with E-state index in [2.05, 4.69) is 46.3 Å². The molecule has 25 heteroatoms. The number of alkyl carbamates (subject to hydrolysis) is 2. The molecule has 334 valence electrons. The van der Waals surface area contributed by atoms with Crippen molar-refractivity contribution in [2.45, 2.75) is 62.7 Å². The molecule has 0 spiro atoms. The lowest BCUT2D eigenvalue weighted by atomic mass is 10.1. The van der Waals surface area contributed by atoms with Crippen LogP contribution in [0.4, 0.5) is 15.5 Å². The first-order valence-corrected chi connectivity index (χ1v) is 24.8. The van der Waals surface area contributed by atoms with Gasteiger partial charge in [0.2, 0.25) is 5.95 Å². The van der Waals surface area contributed by atoms with E-state index in [4.69, 9.17) is 49.1 Å². The Morgan fingerprint density at radius 2 is 1.80 bits per heavy atom. The van der Waals surface area contributed by atoms with Gasteiger partial charge in [0.25, 0.3) is 5.56 Å². The van der Waals surface area contributed by atoms with Crippen molar-refractivity contribution in [3.05, 3.63) is 22.1 Å². The molecule has 0 saturated carbocycles. The Labute approximate surface area is 360 Å². The number of ether oxygens (including phenoxy) is 7. The number of aromatic nitrogens is 3. The number of hydrogen-bond donors (Lipinski definition) is 7. The van der Waals surface area contributed by atoms with E-state index < -0.39 is 44.8 Å². The van der Waals surface area contributed by atoms with Crippen LogP contribution < -0.4 is 27.7 Å². The van der Waals surface area contributed by atoms with Gasteiger partial charge in [-0.1, -0.05) is 55.0 Å². The molecule has 59 heavy (non-hydrogen) atoms. The zero-order chi connectivity index (χ0) is 42.9. The quantitative estimate of drug-likeness (QED) is 0.0203. The lowest BCUT2D eigenvalue weighted by Gasteiger charge is -2.22. The smallest absolute Gasteiger partial charge is 0.407 e. The molecule has 1 fully saturated rings. The third kappa shape index (κ3) is 20.5. The van der Waals surface area contributed by atoms with Crippen molar-refractivity contribution in [2.24, 2.45) is 5.73 Å². The average molecular weight is 930 g/mol. The Balaban J connectivity index is 1.31. The largest absolute Gasteiger partial charge is 0.450 e. The number of fused-ring (bicyclic) bond motifs is 1. The third-order valence-corrected chi connectivity index (χ3v) is 12.8. The monoisotopic (exact) mass is 929 g/mol. The molecular formula is C34H56N7O13PS4. The van der Waals surface area contributed by atoms with Gasteiger partial charge in [0, 0.05) is 37.1 Å². The van der Waals surface area contributed by atoms with Gasteiger partial charge in [-0.2, -0.15) is 4.98 Å². The number of aromatic amines is 1. The van der Waals surface area contributed by atoms with Crippen LogP contribution in [0.3, 0.4) is 0 Å². The number of nitrogens with two attached hydrogens (primary N) is 2. The molecule has 0 bridgehead atoms. The number of carbonyl (C=O) groups excluding carboxylic acids is 2. The third-order valence-electron chi connectivity index (χ3n) is 7.96. The minimum absolute atomic E-state index is 0.0460. The maximum absolute atomic E-state index is 12.9. The molecule has 0 radical (unpaired) electrons. The van der Waals surface area contributed by atoms with E-state index in [1.54, 1.807) is 43.1 Å². The highest BCUT2D eigenvalue weighted by molar-refractivity contribution is 8.77. The predicted octanol–water partition coefficient (Wildman–Crippen LogP) is 3.28. The molecule has 2 amide bonds. The van der Waals surface area contributed by atoms with Crippen molar-refractivity contribution < 1.29 is 57.1 Å².